The number of para-hydroxylation sites is 1. The van der Waals surface area contributed by atoms with E-state index in [0.29, 0.717) is 5.69 Å². The van der Waals surface area contributed by atoms with Crippen LogP contribution in [0.25, 0.3) is 10.9 Å². The Labute approximate surface area is 160 Å². The zero-order chi connectivity index (χ0) is 19.7. The van der Waals surface area contributed by atoms with E-state index in [2.05, 4.69) is 15.3 Å². The molecule has 0 radical (unpaired) electrons. The maximum atomic E-state index is 13.1. The Balaban J connectivity index is 1.83. The molecular weight excluding hydrogens is 363 g/mol. The van der Waals surface area contributed by atoms with E-state index in [4.69, 9.17) is 0 Å². The first kappa shape index (κ1) is 18.1. The van der Waals surface area contributed by atoms with Crippen molar-refractivity contribution in [3.63, 3.8) is 0 Å². The van der Waals surface area contributed by atoms with Crippen LogP contribution in [0.1, 0.15) is 28.4 Å². The molecule has 6 heteroatoms. The van der Waals surface area contributed by atoms with Crippen molar-refractivity contribution in [3.05, 3.63) is 95.4 Å². The highest BCUT2D eigenvalue weighted by molar-refractivity contribution is 5.86. The number of alkyl halides is 3. The van der Waals surface area contributed by atoms with Gasteiger partial charge in [-0.3, -0.25) is 4.98 Å². The minimum atomic E-state index is -4.39. The second-order valence-electron chi connectivity index (χ2n) is 6.65. The molecule has 0 spiro atoms. The van der Waals surface area contributed by atoms with Gasteiger partial charge in [-0.25, -0.2) is 0 Å². The number of anilines is 1. The van der Waals surface area contributed by atoms with Crippen LogP contribution in [-0.4, -0.2) is 9.97 Å². The molecule has 2 aromatic heterocycles. The van der Waals surface area contributed by atoms with Gasteiger partial charge in [0.05, 0.1) is 11.6 Å². The predicted molar refractivity (Wildman–Crippen MR) is 104 cm³/mol. The van der Waals surface area contributed by atoms with E-state index in [1.54, 1.807) is 18.5 Å². The van der Waals surface area contributed by atoms with Crippen molar-refractivity contribution in [1.29, 1.82) is 0 Å². The summed E-state index contributed by atoms with van der Waals surface area (Å²) in [5.74, 6) is 0. The molecule has 0 aliphatic carbocycles. The molecule has 0 amide bonds. The van der Waals surface area contributed by atoms with E-state index < -0.39 is 11.7 Å². The second kappa shape index (κ2) is 7.03. The van der Waals surface area contributed by atoms with Crippen LogP contribution < -0.4 is 5.32 Å². The Morgan fingerprint density at radius 3 is 2.46 bits per heavy atom. The van der Waals surface area contributed by atoms with Crippen molar-refractivity contribution < 1.29 is 13.2 Å². The number of hydrogen-bond donors (Lipinski definition) is 2. The number of halogens is 3. The van der Waals surface area contributed by atoms with E-state index in [0.717, 1.165) is 39.9 Å². The summed E-state index contributed by atoms with van der Waals surface area (Å²) in [5, 5.41) is 4.32. The second-order valence-corrected chi connectivity index (χ2v) is 6.65. The number of hydrogen-bond acceptors (Lipinski definition) is 2. The number of nitrogens with one attached hydrogen (secondary N) is 2. The smallest absolute Gasteiger partial charge is 0.374 e. The maximum Gasteiger partial charge on any atom is 0.416 e. The number of aromatic amines is 1. The van der Waals surface area contributed by atoms with Crippen LogP contribution in [0.4, 0.5) is 18.9 Å². The topological polar surface area (TPSA) is 40.7 Å². The van der Waals surface area contributed by atoms with Gasteiger partial charge in [0.15, 0.2) is 0 Å². The molecule has 0 aliphatic heterocycles. The summed E-state index contributed by atoms with van der Waals surface area (Å²) in [5.41, 5.74) is 3.59. The molecule has 0 unspecified atom stereocenters. The van der Waals surface area contributed by atoms with Gasteiger partial charge in [-0.2, -0.15) is 13.2 Å². The summed E-state index contributed by atoms with van der Waals surface area (Å²) in [6, 6.07) is 16.6. The molecule has 2 N–H and O–H groups in total. The average molecular weight is 381 g/mol. The lowest BCUT2D eigenvalue weighted by molar-refractivity contribution is -0.137. The van der Waals surface area contributed by atoms with Crippen LogP contribution >= 0.6 is 0 Å². The van der Waals surface area contributed by atoms with Crippen molar-refractivity contribution in [2.45, 2.75) is 19.1 Å². The van der Waals surface area contributed by atoms with Gasteiger partial charge < -0.3 is 10.3 Å². The van der Waals surface area contributed by atoms with E-state index >= 15 is 0 Å². The molecule has 2 heterocycles. The highest BCUT2D eigenvalue weighted by Gasteiger charge is 2.30. The lowest BCUT2D eigenvalue weighted by Crippen LogP contribution is -2.14. The fraction of sp³-hybridized carbons (Fsp3) is 0.136. The molecule has 0 saturated heterocycles. The molecule has 4 aromatic rings. The van der Waals surface area contributed by atoms with Gasteiger partial charge in [0.25, 0.3) is 0 Å². The lowest BCUT2D eigenvalue weighted by atomic mass is 9.96. The molecule has 142 valence electrons. The van der Waals surface area contributed by atoms with Gasteiger partial charge in [0, 0.05) is 40.2 Å². The number of nitrogens with zero attached hydrogens (tertiary/aromatic N) is 1. The molecule has 2 aromatic carbocycles. The quantitative estimate of drug-likeness (QED) is 0.449. The Morgan fingerprint density at radius 2 is 1.71 bits per heavy atom. The molecule has 3 nitrogen and oxygen atoms in total. The molecule has 28 heavy (non-hydrogen) atoms. The molecule has 0 aliphatic rings. The molecule has 0 bridgehead atoms. The SMILES string of the molecule is Cc1[nH]c2ccccc2c1[C@@H](Nc1cccc(C(F)(F)F)c1)c1ccncc1. The molecule has 4 rings (SSSR count). The maximum absolute atomic E-state index is 13.1. The molecular formula is C22H18F3N3. The first-order chi connectivity index (χ1) is 13.4. The van der Waals surface area contributed by atoms with Gasteiger partial charge >= 0.3 is 6.18 Å². The van der Waals surface area contributed by atoms with Crippen LogP contribution in [-0.2, 0) is 6.18 Å². The fourth-order valence-corrected chi connectivity index (χ4v) is 3.50. The summed E-state index contributed by atoms with van der Waals surface area (Å²) in [6.45, 7) is 1.97. The number of aryl methyl sites for hydroxylation is 1. The highest BCUT2D eigenvalue weighted by Crippen LogP contribution is 2.36. The Morgan fingerprint density at radius 1 is 0.964 bits per heavy atom. The normalized spacial score (nSPS) is 12.9. The Kier molecular flexibility index (Phi) is 4.55. The monoisotopic (exact) mass is 381 g/mol. The predicted octanol–water partition coefficient (Wildman–Crippen LogP) is 6.09. The van der Waals surface area contributed by atoms with Gasteiger partial charge in [0.1, 0.15) is 0 Å². The van der Waals surface area contributed by atoms with Crippen molar-refractivity contribution in [2.75, 3.05) is 5.32 Å². The van der Waals surface area contributed by atoms with Crippen LogP contribution in [0.2, 0.25) is 0 Å². The van der Waals surface area contributed by atoms with Crippen LogP contribution in [0, 0.1) is 6.92 Å². The third-order valence-electron chi connectivity index (χ3n) is 4.77. The fourth-order valence-electron chi connectivity index (χ4n) is 3.50. The number of pyridine rings is 1. The third-order valence-corrected chi connectivity index (χ3v) is 4.77. The summed E-state index contributed by atoms with van der Waals surface area (Å²) in [7, 11) is 0. The van der Waals surface area contributed by atoms with E-state index in [9.17, 15) is 13.2 Å². The van der Waals surface area contributed by atoms with Crippen LogP contribution in [0.15, 0.2) is 73.1 Å². The van der Waals surface area contributed by atoms with Gasteiger partial charge in [0.2, 0.25) is 0 Å². The molecule has 0 saturated carbocycles. The van der Waals surface area contributed by atoms with Crippen LogP contribution in [0.3, 0.4) is 0 Å². The van der Waals surface area contributed by atoms with Crippen molar-refractivity contribution in [2.24, 2.45) is 0 Å². The molecule has 0 fully saturated rings. The first-order valence-corrected chi connectivity index (χ1v) is 8.84. The van der Waals surface area contributed by atoms with Crippen molar-refractivity contribution in [3.8, 4) is 0 Å². The summed E-state index contributed by atoms with van der Waals surface area (Å²) in [6.07, 6.45) is -1.03. The summed E-state index contributed by atoms with van der Waals surface area (Å²) < 4.78 is 39.4. The van der Waals surface area contributed by atoms with Crippen LogP contribution in [0.5, 0.6) is 0 Å². The number of aromatic nitrogens is 2. The van der Waals surface area contributed by atoms with Gasteiger partial charge in [-0.1, -0.05) is 24.3 Å². The lowest BCUT2D eigenvalue weighted by Gasteiger charge is -2.22. The van der Waals surface area contributed by atoms with Gasteiger partial charge in [-0.15, -0.1) is 0 Å². The first-order valence-electron chi connectivity index (χ1n) is 8.84. The minimum Gasteiger partial charge on any atom is -0.374 e. The summed E-state index contributed by atoms with van der Waals surface area (Å²) >= 11 is 0. The van der Waals surface area contributed by atoms with E-state index in [1.165, 1.54) is 6.07 Å². The largest absolute Gasteiger partial charge is 0.416 e. The Hall–Kier alpha value is -3.28. The summed E-state index contributed by atoms with van der Waals surface area (Å²) in [4.78, 5) is 7.43. The zero-order valence-corrected chi connectivity index (χ0v) is 15.1. The third kappa shape index (κ3) is 3.45. The van der Waals surface area contributed by atoms with E-state index in [-0.39, 0.29) is 6.04 Å². The minimum absolute atomic E-state index is 0.331. The number of rotatable bonds is 4. The number of H-pyrrole nitrogens is 1. The van der Waals surface area contributed by atoms with Crippen molar-refractivity contribution >= 4 is 16.6 Å². The average Bonchev–Trinajstić information content (AvgIpc) is 3.02. The number of benzene rings is 2. The zero-order valence-electron chi connectivity index (χ0n) is 15.1. The van der Waals surface area contributed by atoms with Crippen molar-refractivity contribution in [1.82, 2.24) is 9.97 Å². The molecule has 1 atom stereocenters. The number of fused-ring (bicyclic) bond motifs is 1. The van der Waals surface area contributed by atoms with E-state index in [1.807, 2.05) is 43.3 Å². The highest BCUT2D eigenvalue weighted by atomic mass is 19.4. The standard InChI is InChI=1S/C22H18F3N3/c1-14-20(18-7-2-3-8-19(18)27-14)21(15-9-11-26-12-10-15)28-17-6-4-5-16(13-17)22(23,24)25/h2-13,21,27-28H,1H3/t21-/m0/s1. The van der Waals surface area contributed by atoms with Gasteiger partial charge in [-0.05, 0) is 48.9 Å². The Bertz CT molecular complexity index is 1100.